The van der Waals surface area contributed by atoms with Gasteiger partial charge in [-0.05, 0) is 73.7 Å². The van der Waals surface area contributed by atoms with Gasteiger partial charge < -0.3 is 15.4 Å². The standard InChI is InChI=1S/C25H21N3O3/c1-2-31-20-14-12-19(13-15-20)27-24(29)17-8-10-18(11-9-17)28-25(30)22-5-3-7-23-21(22)6-4-16-26-23/h3-16H,2H2,1H3,(H,27,29)(H,28,30). The molecule has 3 aromatic carbocycles. The Morgan fingerprint density at radius 3 is 2.19 bits per heavy atom. The molecule has 0 aliphatic rings. The number of ether oxygens (including phenoxy) is 1. The minimum atomic E-state index is -0.234. The number of hydrogen-bond donors (Lipinski definition) is 2. The Morgan fingerprint density at radius 2 is 1.48 bits per heavy atom. The molecule has 0 atom stereocenters. The largest absolute Gasteiger partial charge is 0.494 e. The number of fused-ring (bicyclic) bond motifs is 1. The maximum Gasteiger partial charge on any atom is 0.256 e. The molecule has 6 heteroatoms. The fourth-order valence-electron chi connectivity index (χ4n) is 3.21. The first-order valence-electron chi connectivity index (χ1n) is 9.93. The maximum atomic E-state index is 12.7. The number of benzene rings is 3. The van der Waals surface area contributed by atoms with E-state index in [9.17, 15) is 9.59 Å². The first kappa shape index (κ1) is 20.1. The van der Waals surface area contributed by atoms with Crippen molar-refractivity contribution in [3.05, 3.63) is 96.2 Å². The summed E-state index contributed by atoms with van der Waals surface area (Å²) in [6.07, 6.45) is 1.70. The van der Waals surface area contributed by atoms with Crippen LogP contribution in [0.5, 0.6) is 5.75 Å². The fraction of sp³-hybridized carbons (Fsp3) is 0.0800. The van der Waals surface area contributed by atoms with E-state index in [0.29, 0.717) is 29.1 Å². The van der Waals surface area contributed by atoms with Crippen LogP contribution in [0, 0.1) is 0 Å². The third-order valence-electron chi connectivity index (χ3n) is 4.72. The van der Waals surface area contributed by atoms with Gasteiger partial charge in [-0.2, -0.15) is 0 Å². The molecule has 31 heavy (non-hydrogen) atoms. The van der Waals surface area contributed by atoms with E-state index in [-0.39, 0.29) is 11.8 Å². The van der Waals surface area contributed by atoms with Crippen molar-refractivity contribution in [2.24, 2.45) is 0 Å². The van der Waals surface area contributed by atoms with Gasteiger partial charge in [0.2, 0.25) is 0 Å². The molecule has 2 N–H and O–H groups in total. The highest BCUT2D eigenvalue weighted by Crippen LogP contribution is 2.20. The normalized spacial score (nSPS) is 10.5. The maximum absolute atomic E-state index is 12.7. The summed E-state index contributed by atoms with van der Waals surface area (Å²) in [4.78, 5) is 29.5. The second kappa shape index (κ2) is 9.09. The summed E-state index contributed by atoms with van der Waals surface area (Å²) in [5, 5.41) is 6.50. The van der Waals surface area contributed by atoms with Crippen LogP contribution in [0.25, 0.3) is 10.9 Å². The molecule has 0 bridgehead atoms. The van der Waals surface area contributed by atoms with Gasteiger partial charge in [-0.25, -0.2) is 0 Å². The van der Waals surface area contributed by atoms with Crippen molar-refractivity contribution in [1.29, 1.82) is 0 Å². The van der Waals surface area contributed by atoms with Crippen LogP contribution in [-0.2, 0) is 0 Å². The van der Waals surface area contributed by atoms with Crippen molar-refractivity contribution in [3.63, 3.8) is 0 Å². The zero-order valence-corrected chi connectivity index (χ0v) is 17.0. The van der Waals surface area contributed by atoms with Crippen LogP contribution in [0.4, 0.5) is 11.4 Å². The molecular weight excluding hydrogens is 390 g/mol. The van der Waals surface area contributed by atoms with Crippen LogP contribution in [0.2, 0.25) is 0 Å². The second-order valence-corrected chi connectivity index (χ2v) is 6.82. The number of hydrogen-bond acceptors (Lipinski definition) is 4. The highest BCUT2D eigenvalue weighted by atomic mass is 16.5. The SMILES string of the molecule is CCOc1ccc(NC(=O)c2ccc(NC(=O)c3cccc4ncccc34)cc2)cc1. The van der Waals surface area contributed by atoms with Crippen LogP contribution in [-0.4, -0.2) is 23.4 Å². The third kappa shape index (κ3) is 4.70. The van der Waals surface area contributed by atoms with Gasteiger partial charge in [0.25, 0.3) is 11.8 Å². The Kier molecular flexibility index (Phi) is 5.89. The molecular formula is C25H21N3O3. The van der Waals surface area contributed by atoms with E-state index in [4.69, 9.17) is 4.74 Å². The van der Waals surface area contributed by atoms with Crippen LogP contribution in [0.3, 0.4) is 0 Å². The number of pyridine rings is 1. The van der Waals surface area contributed by atoms with Gasteiger partial charge in [-0.1, -0.05) is 12.1 Å². The van der Waals surface area contributed by atoms with E-state index in [1.807, 2.05) is 19.1 Å². The van der Waals surface area contributed by atoms with Crippen molar-refractivity contribution >= 4 is 34.1 Å². The Balaban J connectivity index is 1.43. The predicted octanol–water partition coefficient (Wildman–Crippen LogP) is 5.14. The molecule has 1 heterocycles. The number of amides is 2. The molecule has 2 amide bonds. The van der Waals surface area contributed by atoms with Gasteiger partial charge in [-0.15, -0.1) is 0 Å². The van der Waals surface area contributed by atoms with Crippen LogP contribution in [0.1, 0.15) is 27.6 Å². The van der Waals surface area contributed by atoms with Gasteiger partial charge in [-0.3, -0.25) is 14.6 Å². The average molecular weight is 411 g/mol. The Bertz CT molecular complexity index is 1210. The summed E-state index contributed by atoms with van der Waals surface area (Å²) in [5.41, 5.74) is 3.07. The monoisotopic (exact) mass is 411 g/mol. The van der Waals surface area contributed by atoms with Crippen LogP contribution < -0.4 is 15.4 Å². The molecule has 0 saturated carbocycles. The first-order chi connectivity index (χ1) is 15.1. The zero-order valence-electron chi connectivity index (χ0n) is 17.0. The molecule has 6 nitrogen and oxygen atoms in total. The van der Waals surface area contributed by atoms with E-state index in [1.54, 1.807) is 72.9 Å². The topological polar surface area (TPSA) is 80.3 Å². The van der Waals surface area contributed by atoms with Gasteiger partial charge in [0, 0.05) is 34.1 Å². The van der Waals surface area contributed by atoms with Crippen LogP contribution >= 0.6 is 0 Å². The van der Waals surface area contributed by atoms with Crippen molar-refractivity contribution in [3.8, 4) is 5.75 Å². The van der Waals surface area contributed by atoms with Gasteiger partial charge in [0.1, 0.15) is 5.75 Å². The highest BCUT2D eigenvalue weighted by molar-refractivity contribution is 6.12. The Hall–Kier alpha value is -4.19. The second-order valence-electron chi connectivity index (χ2n) is 6.82. The Morgan fingerprint density at radius 1 is 0.806 bits per heavy atom. The summed E-state index contributed by atoms with van der Waals surface area (Å²) in [6.45, 7) is 2.51. The third-order valence-corrected chi connectivity index (χ3v) is 4.72. The molecule has 154 valence electrons. The number of aromatic nitrogens is 1. The minimum absolute atomic E-state index is 0.231. The van der Waals surface area contributed by atoms with E-state index in [2.05, 4.69) is 15.6 Å². The molecule has 0 unspecified atom stereocenters. The van der Waals surface area contributed by atoms with Gasteiger partial charge >= 0.3 is 0 Å². The lowest BCUT2D eigenvalue weighted by Crippen LogP contribution is -2.14. The molecule has 0 radical (unpaired) electrons. The van der Waals surface area contributed by atoms with Crippen molar-refractivity contribution < 1.29 is 14.3 Å². The van der Waals surface area contributed by atoms with Crippen LogP contribution in [0.15, 0.2) is 85.1 Å². The zero-order chi connectivity index (χ0) is 21.6. The van der Waals surface area contributed by atoms with Gasteiger partial charge in [0.05, 0.1) is 12.1 Å². The van der Waals surface area contributed by atoms with E-state index in [1.165, 1.54) is 0 Å². The number of carbonyl (C=O) groups is 2. The molecule has 0 saturated heterocycles. The number of nitrogens with one attached hydrogen (secondary N) is 2. The fourth-order valence-corrected chi connectivity index (χ4v) is 3.21. The molecule has 4 aromatic rings. The summed E-state index contributed by atoms with van der Waals surface area (Å²) >= 11 is 0. The number of anilines is 2. The van der Waals surface area contributed by atoms with Crippen molar-refractivity contribution in [1.82, 2.24) is 4.98 Å². The summed E-state index contributed by atoms with van der Waals surface area (Å²) in [5.74, 6) is 0.287. The lowest BCUT2D eigenvalue weighted by molar-refractivity contribution is 0.102. The quantitative estimate of drug-likeness (QED) is 0.460. The number of nitrogens with zero attached hydrogens (tertiary/aromatic N) is 1. The molecule has 0 aliphatic carbocycles. The Labute approximate surface area is 179 Å². The lowest BCUT2D eigenvalue weighted by Gasteiger charge is -2.09. The summed E-state index contributed by atoms with van der Waals surface area (Å²) in [6, 6.07) is 23.0. The average Bonchev–Trinajstić information content (AvgIpc) is 2.80. The summed E-state index contributed by atoms with van der Waals surface area (Å²) in [7, 11) is 0. The number of carbonyl (C=O) groups excluding carboxylic acids is 2. The molecule has 0 spiro atoms. The van der Waals surface area contributed by atoms with Crippen molar-refractivity contribution in [2.75, 3.05) is 17.2 Å². The minimum Gasteiger partial charge on any atom is -0.494 e. The molecule has 0 aliphatic heterocycles. The molecule has 0 fully saturated rings. The smallest absolute Gasteiger partial charge is 0.256 e. The molecule has 4 rings (SSSR count). The number of rotatable bonds is 6. The van der Waals surface area contributed by atoms with E-state index in [0.717, 1.165) is 16.7 Å². The summed E-state index contributed by atoms with van der Waals surface area (Å²) < 4.78 is 5.40. The lowest BCUT2D eigenvalue weighted by atomic mass is 10.1. The van der Waals surface area contributed by atoms with E-state index < -0.39 is 0 Å². The highest BCUT2D eigenvalue weighted by Gasteiger charge is 2.11. The van der Waals surface area contributed by atoms with Gasteiger partial charge in [0.15, 0.2) is 0 Å². The predicted molar refractivity (Wildman–Crippen MR) is 122 cm³/mol. The van der Waals surface area contributed by atoms with Crippen molar-refractivity contribution in [2.45, 2.75) is 6.92 Å². The van der Waals surface area contributed by atoms with E-state index >= 15 is 0 Å². The molecule has 1 aromatic heterocycles. The first-order valence-corrected chi connectivity index (χ1v) is 9.93.